The van der Waals surface area contributed by atoms with Crippen LogP contribution in [0.15, 0.2) is 48.5 Å². The average molecular weight is 407 g/mol. The number of H-pyrrole nitrogens is 1. The van der Waals surface area contributed by atoms with Gasteiger partial charge in [0.2, 0.25) is 0 Å². The second kappa shape index (κ2) is 7.85. The van der Waals surface area contributed by atoms with Gasteiger partial charge in [0.1, 0.15) is 6.54 Å². The van der Waals surface area contributed by atoms with Crippen LogP contribution in [0.3, 0.4) is 0 Å². The largest absolute Gasteiger partial charge is 0.418 e. The first-order chi connectivity index (χ1) is 13.3. The minimum Gasteiger partial charge on any atom is -0.298 e. The second-order valence-corrected chi connectivity index (χ2v) is 6.41. The molecule has 0 aliphatic heterocycles. The maximum absolute atomic E-state index is 13.0. The molecule has 0 aliphatic rings. The van der Waals surface area contributed by atoms with Crippen molar-refractivity contribution < 1.29 is 18.0 Å². The number of benzene rings is 2. The Morgan fingerprint density at radius 3 is 2.54 bits per heavy atom. The molecule has 1 aromatic heterocycles. The highest BCUT2D eigenvalue weighted by Crippen LogP contribution is 2.34. The van der Waals surface area contributed by atoms with Crippen LogP contribution in [0.2, 0.25) is 0 Å². The Balaban J connectivity index is 1.74. The lowest BCUT2D eigenvalue weighted by molar-refractivity contribution is -0.137. The van der Waals surface area contributed by atoms with E-state index in [4.69, 9.17) is 12.2 Å². The number of hydrogen-bond acceptors (Lipinski definition) is 4. The number of aromatic nitrogens is 3. The summed E-state index contributed by atoms with van der Waals surface area (Å²) in [6.45, 7) is 1.72. The van der Waals surface area contributed by atoms with Crippen LogP contribution in [-0.2, 0) is 17.5 Å². The third-order valence-corrected chi connectivity index (χ3v) is 4.25. The molecule has 0 atom stereocenters. The van der Waals surface area contributed by atoms with E-state index in [1.165, 1.54) is 22.8 Å². The number of aryl methyl sites for hydroxylation is 1. The molecule has 0 fully saturated rings. The van der Waals surface area contributed by atoms with Crippen molar-refractivity contribution in [1.82, 2.24) is 20.2 Å². The van der Waals surface area contributed by atoms with Gasteiger partial charge in [-0.2, -0.15) is 18.3 Å². The third-order valence-electron chi connectivity index (χ3n) is 3.94. The Morgan fingerprint density at radius 1 is 1.18 bits per heavy atom. The van der Waals surface area contributed by atoms with E-state index < -0.39 is 17.6 Å². The van der Waals surface area contributed by atoms with Crippen LogP contribution < -0.4 is 10.9 Å². The molecule has 3 aromatic rings. The molecule has 146 valence electrons. The Bertz CT molecular complexity index is 1040. The van der Waals surface area contributed by atoms with Gasteiger partial charge in [0.15, 0.2) is 10.6 Å². The van der Waals surface area contributed by atoms with Crippen LogP contribution in [0.25, 0.3) is 11.4 Å². The van der Waals surface area contributed by atoms with Crippen LogP contribution in [0.5, 0.6) is 0 Å². The minimum absolute atomic E-state index is 0.222. The first-order valence-electron chi connectivity index (χ1n) is 8.19. The number of hydrazine groups is 1. The zero-order valence-corrected chi connectivity index (χ0v) is 15.5. The van der Waals surface area contributed by atoms with Crippen molar-refractivity contribution in [3.05, 3.63) is 64.4 Å². The fourth-order valence-corrected chi connectivity index (χ4v) is 2.74. The summed E-state index contributed by atoms with van der Waals surface area (Å²) in [7, 11) is 0. The van der Waals surface area contributed by atoms with Crippen molar-refractivity contribution in [2.75, 3.05) is 5.43 Å². The van der Waals surface area contributed by atoms with Gasteiger partial charge in [0, 0.05) is 5.56 Å². The van der Waals surface area contributed by atoms with Crippen molar-refractivity contribution in [3.8, 4) is 11.4 Å². The molecule has 0 spiro atoms. The summed E-state index contributed by atoms with van der Waals surface area (Å²) >= 11 is 5.16. The minimum atomic E-state index is -4.54. The topological polar surface area (TPSA) is 74.7 Å². The summed E-state index contributed by atoms with van der Waals surface area (Å²) < 4.78 is 40.7. The highest BCUT2D eigenvalue weighted by atomic mass is 32.1. The number of alkyl halides is 3. The predicted molar refractivity (Wildman–Crippen MR) is 101 cm³/mol. The van der Waals surface area contributed by atoms with Crippen LogP contribution in [0.1, 0.15) is 11.1 Å². The lowest BCUT2D eigenvalue weighted by Gasteiger charge is -2.15. The third kappa shape index (κ3) is 4.39. The molecule has 2 aromatic carbocycles. The molecule has 0 saturated heterocycles. The fraction of sp³-hybridized carbons (Fsp3) is 0.167. The molecule has 0 radical (unpaired) electrons. The number of halogens is 3. The fourth-order valence-electron chi connectivity index (χ4n) is 2.55. The quantitative estimate of drug-likeness (QED) is 0.440. The molecule has 1 heterocycles. The molecular weight excluding hydrogens is 391 g/mol. The molecule has 0 bridgehead atoms. The maximum atomic E-state index is 13.0. The van der Waals surface area contributed by atoms with Gasteiger partial charge in [-0.1, -0.05) is 42.0 Å². The Morgan fingerprint density at radius 2 is 1.86 bits per heavy atom. The molecule has 0 unspecified atom stereocenters. The molecule has 10 heteroatoms. The van der Waals surface area contributed by atoms with Gasteiger partial charge in [-0.3, -0.25) is 25.3 Å². The van der Waals surface area contributed by atoms with Crippen molar-refractivity contribution >= 4 is 23.8 Å². The zero-order valence-electron chi connectivity index (χ0n) is 14.7. The lowest BCUT2D eigenvalue weighted by Crippen LogP contribution is -2.33. The molecule has 28 heavy (non-hydrogen) atoms. The molecule has 3 rings (SSSR count). The van der Waals surface area contributed by atoms with Crippen molar-refractivity contribution in [1.29, 1.82) is 0 Å². The number of rotatable bonds is 5. The maximum Gasteiger partial charge on any atom is 0.418 e. The smallest absolute Gasteiger partial charge is 0.298 e. The van der Waals surface area contributed by atoms with Gasteiger partial charge in [-0.25, -0.2) is 0 Å². The zero-order chi connectivity index (χ0) is 20.3. The summed E-state index contributed by atoms with van der Waals surface area (Å²) in [5, 5.41) is 6.76. The highest BCUT2D eigenvalue weighted by molar-refractivity contribution is 7.71. The first-order valence-corrected chi connectivity index (χ1v) is 8.60. The summed E-state index contributed by atoms with van der Waals surface area (Å²) in [6.07, 6.45) is -4.54. The van der Waals surface area contributed by atoms with E-state index >= 15 is 0 Å². The first kappa shape index (κ1) is 19.6. The number of hydrogen-bond donors (Lipinski definition) is 3. The van der Waals surface area contributed by atoms with Gasteiger partial charge in [0.25, 0.3) is 5.91 Å². The predicted octanol–water partition coefficient (Wildman–Crippen LogP) is 4.08. The number of carbonyl (C=O) groups is 1. The summed E-state index contributed by atoms with van der Waals surface area (Å²) in [4.78, 5) is 12.3. The van der Waals surface area contributed by atoms with E-state index in [9.17, 15) is 18.0 Å². The standard InChI is InChI=1S/C18H16F3N5OS/c1-11-6-8-12(9-7-11)16-24-25-17(28)26(16)10-15(27)23-22-14-5-3-2-4-13(14)18(19,20)21/h2-9,22H,10H2,1H3,(H,23,27)(H,25,28). The summed E-state index contributed by atoms with van der Waals surface area (Å²) in [5.41, 5.74) is 5.27. The van der Waals surface area contributed by atoms with Crippen molar-refractivity contribution in [2.24, 2.45) is 0 Å². The van der Waals surface area contributed by atoms with Crippen LogP contribution in [0.4, 0.5) is 18.9 Å². The number of aromatic amines is 1. The number of nitrogens with one attached hydrogen (secondary N) is 3. The lowest BCUT2D eigenvalue weighted by atomic mass is 10.1. The van der Waals surface area contributed by atoms with E-state index in [0.717, 1.165) is 17.2 Å². The van der Waals surface area contributed by atoms with E-state index in [1.807, 2.05) is 31.2 Å². The van der Waals surface area contributed by atoms with Gasteiger partial charge in [-0.15, -0.1) is 0 Å². The summed E-state index contributed by atoms with van der Waals surface area (Å²) in [6, 6.07) is 12.3. The molecule has 0 aliphatic carbocycles. The van der Waals surface area contributed by atoms with E-state index in [2.05, 4.69) is 21.0 Å². The van der Waals surface area contributed by atoms with Crippen molar-refractivity contribution in [2.45, 2.75) is 19.6 Å². The van der Waals surface area contributed by atoms with Crippen LogP contribution in [0, 0.1) is 11.7 Å². The van der Waals surface area contributed by atoms with Crippen LogP contribution >= 0.6 is 12.2 Å². The van der Waals surface area contributed by atoms with E-state index in [1.54, 1.807) is 0 Å². The Hall–Kier alpha value is -3.14. The number of amides is 1. The van der Waals surface area contributed by atoms with Gasteiger partial charge in [0.05, 0.1) is 11.3 Å². The van der Waals surface area contributed by atoms with Crippen LogP contribution in [-0.4, -0.2) is 20.7 Å². The monoisotopic (exact) mass is 407 g/mol. The van der Waals surface area contributed by atoms with Crippen molar-refractivity contribution in [3.63, 3.8) is 0 Å². The van der Waals surface area contributed by atoms with Gasteiger partial charge < -0.3 is 0 Å². The number of para-hydroxylation sites is 1. The van der Waals surface area contributed by atoms with E-state index in [0.29, 0.717) is 5.82 Å². The number of anilines is 1. The molecule has 0 saturated carbocycles. The second-order valence-electron chi connectivity index (χ2n) is 6.02. The number of nitrogens with zero attached hydrogens (tertiary/aromatic N) is 2. The average Bonchev–Trinajstić information content (AvgIpc) is 3.01. The molecule has 6 nitrogen and oxygen atoms in total. The Labute approximate surface area is 163 Å². The molecule has 1 amide bonds. The Kier molecular flexibility index (Phi) is 5.50. The van der Waals surface area contributed by atoms with Gasteiger partial charge in [-0.05, 0) is 31.3 Å². The number of carbonyl (C=O) groups excluding carboxylic acids is 1. The SMILES string of the molecule is Cc1ccc(-c2n[nH]c(=S)n2CC(=O)NNc2ccccc2C(F)(F)F)cc1. The highest BCUT2D eigenvalue weighted by Gasteiger charge is 2.33. The molecule has 3 N–H and O–H groups in total. The normalized spacial score (nSPS) is 11.3. The van der Waals surface area contributed by atoms with Gasteiger partial charge >= 0.3 is 6.18 Å². The van der Waals surface area contributed by atoms with E-state index in [-0.39, 0.29) is 17.0 Å². The molecular formula is C18H16F3N5OS. The summed E-state index contributed by atoms with van der Waals surface area (Å²) in [5.74, 6) is -0.126.